The number of benzene rings is 1. The quantitative estimate of drug-likeness (QED) is 0.787. The van der Waals surface area contributed by atoms with Gasteiger partial charge >= 0.3 is 0 Å². The van der Waals surface area contributed by atoms with Gasteiger partial charge in [0.15, 0.2) is 0 Å². The summed E-state index contributed by atoms with van der Waals surface area (Å²) >= 11 is 11.8. The molecule has 2 nitrogen and oxygen atoms in total. The second kappa shape index (κ2) is 7.51. The Balaban J connectivity index is 2.25. The van der Waals surface area contributed by atoms with Crippen LogP contribution in [0, 0.1) is 11.3 Å². The highest BCUT2D eigenvalue weighted by atomic mass is 35.5. The van der Waals surface area contributed by atoms with E-state index in [1.54, 1.807) is 6.07 Å². The molecule has 0 saturated heterocycles. The maximum absolute atomic E-state index is 8.36. The average molecular weight is 257 g/mol. The smallest absolute Gasteiger partial charge is 0.0621 e. The molecule has 0 aliphatic carbocycles. The van der Waals surface area contributed by atoms with Gasteiger partial charge in [-0.3, -0.25) is 0 Å². The van der Waals surface area contributed by atoms with E-state index in [1.165, 1.54) is 0 Å². The van der Waals surface area contributed by atoms with Gasteiger partial charge < -0.3 is 5.32 Å². The fourth-order valence-corrected chi connectivity index (χ4v) is 1.82. The Morgan fingerprint density at radius 3 is 2.75 bits per heavy atom. The Morgan fingerprint density at radius 1 is 1.25 bits per heavy atom. The zero-order chi connectivity index (χ0) is 11.8. The Kier molecular flexibility index (Phi) is 6.25. The van der Waals surface area contributed by atoms with Gasteiger partial charge in [0.05, 0.1) is 6.07 Å². The first-order chi connectivity index (χ1) is 7.74. The van der Waals surface area contributed by atoms with Crippen LogP contribution < -0.4 is 5.32 Å². The van der Waals surface area contributed by atoms with Gasteiger partial charge in [0.1, 0.15) is 0 Å². The summed E-state index contributed by atoms with van der Waals surface area (Å²) in [5.41, 5.74) is 1.05. The van der Waals surface area contributed by atoms with E-state index in [-0.39, 0.29) is 0 Å². The van der Waals surface area contributed by atoms with Crippen molar-refractivity contribution in [1.82, 2.24) is 5.32 Å². The lowest BCUT2D eigenvalue weighted by atomic mass is 10.2. The van der Waals surface area contributed by atoms with Crippen LogP contribution in [0.25, 0.3) is 0 Å². The van der Waals surface area contributed by atoms with E-state index in [2.05, 4.69) is 11.4 Å². The summed E-state index contributed by atoms with van der Waals surface area (Å²) < 4.78 is 0. The number of halogens is 2. The molecule has 1 N–H and O–H groups in total. The summed E-state index contributed by atoms with van der Waals surface area (Å²) in [5, 5.41) is 13.0. The van der Waals surface area contributed by atoms with Crippen LogP contribution in [0.15, 0.2) is 18.2 Å². The minimum atomic E-state index is 0.628. The number of nitrogens with zero attached hydrogens (tertiary/aromatic N) is 1. The first kappa shape index (κ1) is 13.3. The number of hydrogen-bond donors (Lipinski definition) is 1. The molecule has 0 unspecified atom stereocenters. The van der Waals surface area contributed by atoms with Gasteiger partial charge in [-0.2, -0.15) is 5.26 Å². The summed E-state index contributed by atoms with van der Waals surface area (Å²) in [6.07, 6.45) is 2.58. The number of unbranched alkanes of at least 4 members (excludes halogenated alkanes) is 2. The molecule has 86 valence electrons. The third-order valence-electron chi connectivity index (χ3n) is 2.22. The molecule has 1 aromatic rings. The highest BCUT2D eigenvalue weighted by Crippen LogP contribution is 2.20. The highest BCUT2D eigenvalue weighted by Gasteiger charge is 2.00. The molecule has 0 bridgehead atoms. The zero-order valence-electron chi connectivity index (χ0n) is 8.97. The first-order valence-electron chi connectivity index (χ1n) is 5.25. The van der Waals surface area contributed by atoms with Crippen molar-refractivity contribution in [2.24, 2.45) is 0 Å². The molecule has 1 rings (SSSR count). The summed E-state index contributed by atoms with van der Waals surface area (Å²) in [6.45, 7) is 1.64. The van der Waals surface area contributed by atoms with E-state index in [0.29, 0.717) is 16.5 Å². The van der Waals surface area contributed by atoms with Gasteiger partial charge in [0.2, 0.25) is 0 Å². The summed E-state index contributed by atoms with van der Waals surface area (Å²) in [7, 11) is 0. The summed E-state index contributed by atoms with van der Waals surface area (Å²) in [6, 6.07) is 7.63. The third kappa shape index (κ3) is 4.85. The topological polar surface area (TPSA) is 35.8 Å². The first-order valence-corrected chi connectivity index (χ1v) is 6.01. The maximum atomic E-state index is 8.36. The normalized spacial score (nSPS) is 10.1. The zero-order valence-corrected chi connectivity index (χ0v) is 10.5. The van der Waals surface area contributed by atoms with Crippen LogP contribution >= 0.6 is 23.2 Å². The highest BCUT2D eigenvalue weighted by molar-refractivity contribution is 6.35. The molecule has 0 spiro atoms. The van der Waals surface area contributed by atoms with Crippen LogP contribution in [-0.2, 0) is 6.54 Å². The van der Waals surface area contributed by atoms with Crippen LogP contribution in [0.4, 0.5) is 0 Å². The van der Waals surface area contributed by atoms with Crippen LogP contribution in [-0.4, -0.2) is 6.54 Å². The number of hydrogen-bond acceptors (Lipinski definition) is 2. The SMILES string of the molecule is N#CCCCCNCc1ccc(Cl)cc1Cl. The lowest BCUT2D eigenvalue weighted by Crippen LogP contribution is -2.14. The molecule has 0 heterocycles. The largest absolute Gasteiger partial charge is 0.313 e. The van der Waals surface area contributed by atoms with Crippen molar-refractivity contribution < 1.29 is 0 Å². The van der Waals surface area contributed by atoms with Gasteiger partial charge in [-0.05, 0) is 37.1 Å². The van der Waals surface area contributed by atoms with Crippen molar-refractivity contribution >= 4 is 23.2 Å². The molecular weight excluding hydrogens is 243 g/mol. The molecule has 0 atom stereocenters. The standard InChI is InChI=1S/C12H14Cl2N2/c13-11-5-4-10(12(14)8-11)9-16-7-3-1-2-6-15/h4-5,8,16H,1-3,7,9H2. The summed E-state index contributed by atoms with van der Waals surface area (Å²) in [5.74, 6) is 0. The van der Waals surface area contributed by atoms with E-state index in [4.69, 9.17) is 28.5 Å². The minimum Gasteiger partial charge on any atom is -0.313 e. The predicted molar refractivity (Wildman–Crippen MR) is 67.6 cm³/mol. The molecule has 0 fully saturated rings. The van der Waals surface area contributed by atoms with Crippen molar-refractivity contribution in [1.29, 1.82) is 5.26 Å². The van der Waals surface area contributed by atoms with Gasteiger partial charge in [0.25, 0.3) is 0 Å². The summed E-state index contributed by atoms with van der Waals surface area (Å²) in [4.78, 5) is 0. The van der Waals surface area contributed by atoms with Crippen molar-refractivity contribution in [3.05, 3.63) is 33.8 Å². The lowest BCUT2D eigenvalue weighted by Gasteiger charge is -2.06. The minimum absolute atomic E-state index is 0.628. The predicted octanol–water partition coefficient (Wildman–Crippen LogP) is 3.78. The van der Waals surface area contributed by atoms with Gasteiger partial charge in [-0.25, -0.2) is 0 Å². The van der Waals surface area contributed by atoms with Crippen molar-refractivity contribution in [2.75, 3.05) is 6.54 Å². The monoisotopic (exact) mass is 256 g/mol. The molecule has 16 heavy (non-hydrogen) atoms. The Labute approximate surface area is 106 Å². The maximum Gasteiger partial charge on any atom is 0.0621 e. The van der Waals surface area contributed by atoms with E-state index < -0.39 is 0 Å². The number of nitriles is 1. The molecule has 0 amide bonds. The fourth-order valence-electron chi connectivity index (χ4n) is 1.34. The van der Waals surface area contributed by atoms with Gasteiger partial charge in [-0.1, -0.05) is 29.3 Å². The van der Waals surface area contributed by atoms with Crippen LogP contribution in [0.1, 0.15) is 24.8 Å². The molecule has 0 aliphatic rings. The Bertz CT molecular complexity index is 372. The fraction of sp³-hybridized carbons (Fsp3) is 0.417. The van der Waals surface area contributed by atoms with Crippen molar-refractivity contribution in [3.8, 4) is 6.07 Å². The Hall–Kier alpha value is -0.750. The molecular formula is C12H14Cl2N2. The second-order valence-corrected chi connectivity index (χ2v) is 4.37. The van der Waals surface area contributed by atoms with Crippen LogP contribution in [0.2, 0.25) is 10.0 Å². The van der Waals surface area contributed by atoms with Crippen molar-refractivity contribution in [3.63, 3.8) is 0 Å². The van der Waals surface area contributed by atoms with E-state index in [9.17, 15) is 0 Å². The van der Waals surface area contributed by atoms with E-state index in [0.717, 1.165) is 31.5 Å². The average Bonchev–Trinajstić information content (AvgIpc) is 2.26. The molecule has 0 aliphatic heterocycles. The second-order valence-electron chi connectivity index (χ2n) is 3.53. The van der Waals surface area contributed by atoms with Crippen LogP contribution in [0.3, 0.4) is 0 Å². The van der Waals surface area contributed by atoms with Crippen LogP contribution in [0.5, 0.6) is 0 Å². The Morgan fingerprint density at radius 2 is 2.06 bits per heavy atom. The van der Waals surface area contributed by atoms with Crippen molar-refractivity contribution in [2.45, 2.75) is 25.8 Å². The molecule has 1 aromatic carbocycles. The van der Waals surface area contributed by atoms with Gasteiger partial charge in [-0.15, -0.1) is 0 Å². The lowest BCUT2D eigenvalue weighted by molar-refractivity contribution is 0.629. The third-order valence-corrected chi connectivity index (χ3v) is 2.81. The molecule has 0 radical (unpaired) electrons. The number of rotatable bonds is 6. The van der Waals surface area contributed by atoms with Gasteiger partial charge in [0, 0.05) is 23.0 Å². The molecule has 0 saturated carbocycles. The molecule has 4 heteroatoms. The van der Waals surface area contributed by atoms with E-state index in [1.807, 2.05) is 12.1 Å². The number of nitrogens with one attached hydrogen (secondary N) is 1. The van der Waals surface area contributed by atoms with E-state index >= 15 is 0 Å². The molecule has 0 aromatic heterocycles.